The summed E-state index contributed by atoms with van der Waals surface area (Å²) in [4.78, 5) is 2.30. The molecule has 5 heteroatoms. The van der Waals surface area contributed by atoms with Crippen LogP contribution < -0.4 is 4.90 Å². The van der Waals surface area contributed by atoms with Crippen LogP contribution in [0.4, 0.5) is 5.13 Å². The van der Waals surface area contributed by atoms with Crippen LogP contribution in [0.15, 0.2) is 0 Å². The maximum absolute atomic E-state index is 5.67. The molecule has 0 N–H and O–H groups in total. The first-order valence-corrected chi connectivity index (χ1v) is 5.88. The standard InChI is InChI=1S/C8H12ClN3S/c9-6-7-10-11-8(13-7)12-4-2-1-3-5-12/h1-6H2. The van der Waals surface area contributed by atoms with E-state index in [9.17, 15) is 0 Å². The van der Waals surface area contributed by atoms with Crippen molar-refractivity contribution in [3.63, 3.8) is 0 Å². The fraction of sp³-hybridized carbons (Fsp3) is 0.750. The van der Waals surface area contributed by atoms with Crippen LogP contribution in [-0.2, 0) is 5.88 Å². The summed E-state index contributed by atoms with van der Waals surface area (Å²) in [6.45, 7) is 2.24. The SMILES string of the molecule is ClCc1nnc(N2CCCCC2)s1. The minimum Gasteiger partial charge on any atom is -0.347 e. The Hall–Kier alpha value is -0.350. The fourth-order valence-electron chi connectivity index (χ4n) is 1.51. The molecule has 0 atom stereocenters. The molecule has 0 bridgehead atoms. The van der Waals surface area contributed by atoms with Crippen LogP contribution in [0.5, 0.6) is 0 Å². The summed E-state index contributed by atoms with van der Waals surface area (Å²) in [5.74, 6) is 0.478. The van der Waals surface area contributed by atoms with Crippen LogP contribution in [0.1, 0.15) is 24.3 Å². The molecule has 13 heavy (non-hydrogen) atoms. The third-order valence-electron chi connectivity index (χ3n) is 2.20. The van der Waals surface area contributed by atoms with E-state index in [1.807, 2.05) is 0 Å². The zero-order chi connectivity index (χ0) is 9.10. The number of piperidine rings is 1. The van der Waals surface area contributed by atoms with E-state index in [0.29, 0.717) is 5.88 Å². The zero-order valence-electron chi connectivity index (χ0n) is 7.37. The highest BCUT2D eigenvalue weighted by atomic mass is 35.5. The van der Waals surface area contributed by atoms with E-state index in [1.165, 1.54) is 19.3 Å². The van der Waals surface area contributed by atoms with Crippen molar-refractivity contribution >= 4 is 28.1 Å². The molecule has 2 heterocycles. The molecule has 3 nitrogen and oxygen atoms in total. The molecule has 0 radical (unpaired) electrons. The van der Waals surface area contributed by atoms with Crippen LogP contribution in [0, 0.1) is 0 Å². The summed E-state index contributed by atoms with van der Waals surface area (Å²) >= 11 is 7.28. The van der Waals surface area contributed by atoms with Crippen molar-refractivity contribution in [3.8, 4) is 0 Å². The van der Waals surface area contributed by atoms with Gasteiger partial charge in [0.05, 0.1) is 5.88 Å². The second kappa shape index (κ2) is 4.24. The van der Waals surface area contributed by atoms with Gasteiger partial charge in [0.25, 0.3) is 0 Å². The number of rotatable bonds is 2. The average molecular weight is 218 g/mol. The van der Waals surface area contributed by atoms with E-state index < -0.39 is 0 Å². The molecule has 1 aliphatic rings. The molecule has 0 unspecified atom stereocenters. The highest BCUT2D eigenvalue weighted by Gasteiger charge is 2.14. The van der Waals surface area contributed by atoms with Crippen LogP contribution in [0.25, 0.3) is 0 Å². The highest BCUT2D eigenvalue weighted by molar-refractivity contribution is 7.15. The largest absolute Gasteiger partial charge is 0.347 e. The van der Waals surface area contributed by atoms with Gasteiger partial charge in [-0.2, -0.15) is 0 Å². The Morgan fingerprint density at radius 3 is 2.62 bits per heavy atom. The Labute approximate surface area is 86.7 Å². The predicted octanol–water partition coefficient (Wildman–Crippen LogP) is 2.27. The van der Waals surface area contributed by atoms with Gasteiger partial charge in [0.2, 0.25) is 5.13 Å². The summed E-state index contributed by atoms with van der Waals surface area (Å²) in [6.07, 6.45) is 3.89. The van der Waals surface area contributed by atoms with Gasteiger partial charge >= 0.3 is 0 Å². The van der Waals surface area contributed by atoms with Crippen molar-refractivity contribution in [1.29, 1.82) is 0 Å². The minimum absolute atomic E-state index is 0.478. The first-order valence-electron chi connectivity index (χ1n) is 4.53. The lowest BCUT2D eigenvalue weighted by molar-refractivity contribution is 0.575. The van der Waals surface area contributed by atoms with Gasteiger partial charge in [0.1, 0.15) is 5.01 Å². The van der Waals surface area contributed by atoms with Crippen molar-refractivity contribution < 1.29 is 0 Å². The lowest BCUT2D eigenvalue weighted by atomic mass is 10.1. The topological polar surface area (TPSA) is 29.0 Å². The number of halogens is 1. The number of nitrogens with zero attached hydrogens (tertiary/aromatic N) is 3. The smallest absolute Gasteiger partial charge is 0.208 e. The Kier molecular flexibility index (Phi) is 3.01. The molecular weight excluding hydrogens is 206 g/mol. The van der Waals surface area contributed by atoms with Crippen LogP contribution in [0.3, 0.4) is 0 Å². The van der Waals surface area contributed by atoms with Gasteiger partial charge < -0.3 is 4.90 Å². The maximum atomic E-state index is 5.67. The normalized spacial score (nSPS) is 17.8. The van der Waals surface area contributed by atoms with Gasteiger partial charge in [-0.05, 0) is 19.3 Å². The van der Waals surface area contributed by atoms with E-state index in [0.717, 1.165) is 23.2 Å². The van der Waals surface area contributed by atoms with E-state index >= 15 is 0 Å². The fourth-order valence-corrected chi connectivity index (χ4v) is 2.47. The molecule has 0 spiro atoms. The van der Waals surface area contributed by atoms with E-state index in [2.05, 4.69) is 15.1 Å². The number of alkyl halides is 1. The number of hydrogen-bond donors (Lipinski definition) is 0. The lowest BCUT2D eigenvalue weighted by Crippen LogP contribution is -2.29. The second-order valence-corrected chi connectivity index (χ2v) is 4.47. The number of anilines is 1. The van der Waals surface area contributed by atoms with Crippen molar-refractivity contribution in [2.45, 2.75) is 25.1 Å². The Balaban J connectivity index is 2.05. The predicted molar refractivity (Wildman–Crippen MR) is 55.5 cm³/mol. The molecule has 2 rings (SSSR count). The summed E-state index contributed by atoms with van der Waals surface area (Å²) in [6, 6.07) is 0. The number of hydrogen-bond acceptors (Lipinski definition) is 4. The molecule has 0 saturated carbocycles. The molecule has 1 aromatic rings. The molecule has 1 saturated heterocycles. The second-order valence-electron chi connectivity index (χ2n) is 3.16. The van der Waals surface area contributed by atoms with Gasteiger partial charge in [-0.15, -0.1) is 21.8 Å². The monoisotopic (exact) mass is 217 g/mol. The molecule has 0 aromatic carbocycles. The Bertz CT molecular complexity index is 270. The summed E-state index contributed by atoms with van der Waals surface area (Å²) in [5.41, 5.74) is 0. The molecule has 1 fully saturated rings. The molecule has 0 aliphatic carbocycles. The van der Waals surface area contributed by atoms with Crippen molar-refractivity contribution in [2.24, 2.45) is 0 Å². The molecular formula is C8H12ClN3S. The summed E-state index contributed by atoms with van der Waals surface area (Å²) in [7, 11) is 0. The van der Waals surface area contributed by atoms with Crippen LogP contribution in [0.2, 0.25) is 0 Å². The van der Waals surface area contributed by atoms with Crippen molar-refractivity contribution in [1.82, 2.24) is 10.2 Å². The first-order chi connectivity index (χ1) is 6.40. The minimum atomic E-state index is 0.478. The molecule has 72 valence electrons. The van der Waals surface area contributed by atoms with Crippen LogP contribution >= 0.6 is 22.9 Å². The molecule has 0 amide bonds. The average Bonchev–Trinajstić information content (AvgIpc) is 2.67. The van der Waals surface area contributed by atoms with Crippen molar-refractivity contribution in [3.05, 3.63) is 5.01 Å². The van der Waals surface area contributed by atoms with E-state index in [4.69, 9.17) is 11.6 Å². The summed E-state index contributed by atoms with van der Waals surface area (Å²) in [5, 5.41) is 10.1. The van der Waals surface area contributed by atoms with Gasteiger partial charge in [-0.1, -0.05) is 11.3 Å². The molecule has 1 aliphatic heterocycles. The van der Waals surface area contributed by atoms with Gasteiger partial charge in [0.15, 0.2) is 0 Å². The quantitative estimate of drug-likeness (QED) is 0.712. The van der Waals surface area contributed by atoms with Crippen LogP contribution in [-0.4, -0.2) is 23.3 Å². The van der Waals surface area contributed by atoms with E-state index in [-0.39, 0.29) is 0 Å². The molecule has 1 aromatic heterocycles. The van der Waals surface area contributed by atoms with Gasteiger partial charge in [0, 0.05) is 13.1 Å². The Morgan fingerprint density at radius 1 is 1.23 bits per heavy atom. The van der Waals surface area contributed by atoms with Gasteiger partial charge in [-0.3, -0.25) is 0 Å². The van der Waals surface area contributed by atoms with Gasteiger partial charge in [-0.25, -0.2) is 0 Å². The third kappa shape index (κ3) is 2.11. The zero-order valence-corrected chi connectivity index (χ0v) is 8.94. The first kappa shape index (κ1) is 9.21. The summed E-state index contributed by atoms with van der Waals surface area (Å²) < 4.78 is 0. The maximum Gasteiger partial charge on any atom is 0.208 e. The highest BCUT2D eigenvalue weighted by Crippen LogP contribution is 2.24. The third-order valence-corrected chi connectivity index (χ3v) is 3.59. The Morgan fingerprint density at radius 2 is 2.00 bits per heavy atom. The lowest BCUT2D eigenvalue weighted by Gasteiger charge is -2.25. The van der Waals surface area contributed by atoms with Crippen molar-refractivity contribution in [2.75, 3.05) is 18.0 Å². The van der Waals surface area contributed by atoms with E-state index in [1.54, 1.807) is 11.3 Å². The number of aromatic nitrogens is 2.